The van der Waals surface area contributed by atoms with Crippen LogP contribution in [0.15, 0.2) is 24.3 Å². The predicted molar refractivity (Wildman–Crippen MR) is 100 cm³/mol. The van der Waals surface area contributed by atoms with Gasteiger partial charge in [0.15, 0.2) is 5.69 Å². The molecular formula is C19H28N4O2. The summed E-state index contributed by atoms with van der Waals surface area (Å²) in [5.74, 6) is 0. The Balaban J connectivity index is 1.64. The van der Waals surface area contributed by atoms with Crippen molar-refractivity contribution in [1.29, 1.82) is 0 Å². The molecule has 6 nitrogen and oxygen atoms in total. The zero-order valence-electron chi connectivity index (χ0n) is 15.3. The first kappa shape index (κ1) is 19.1. The summed E-state index contributed by atoms with van der Waals surface area (Å²) in [5.41, 5.74) is 1.40. The minimum atomic E-state index is -0.461. The van der Waals surface area contributed by atoms with Gasteiger partial charge in [0.05, 0.1) is 6.57 Å². The van der Waals surface area contributed by atoms with E-state index in [9.17, 15) is 4.79 Å². The highest BCUT2D eigenvalue weighted by Gasteiger charge is 2.19. The molecule has 2 N–H and O–H groups in total. The van der Waals surface area contributed by atoms with Crippen molar-refractivity contribution in [2.75, 3.05) is 31.1 Å². The minimum Gasteiger partial charge on any atom is -0.444 e. The molecule has 0 saturated carbocycles. The van der Waals surface area contributed by atoms with Gasteiger partial charge in [-0.2, -0.15) is 0 Å². The third kappa shape index (κ3) is 6.63. The molecule has 1 aromatic rings. The first-order chi connectivity index (χ1) is 11.9. The van der Waals surface area contributed by atoms with Crippen LogP contribution in [0, 0.1) is 6.57 Å². The maximum atomic E-state index is 11.6. The number of alkyl carbamates (subject to hydrolysis) is 1. The Hall–Kier alpha value is -2.26. The Labute approximate surface area is 150 Å². The van der Waals surface area contributed by atoms with Crippen molar-refractivity contribution >= 4 is 17.5 Å². The lowest BCUT2D eigenvalue weighted by Crippen LogP contribution is -2.45. The molecule has 1 aliphatic heterocycles. The van der Waals surface area contributed by atoms with E-state index in [-0.39, 0.29) is 6.09 Å². The Bertz CT molecular complexity index is 593. The van der Waals surface area contributed by atoms with Crippen molar-refractivity contribution in [2.45, 2.75) is 45.3 Å². The second-order valence-electron chi connectivity index (χ2n) is 7.27. The Morgan fingerprint density at radius 3 is 2.44 bits per heavy atom. The van der Waals surface area contributed by atoms with Crippen molar-refractivity contribution in [3.63, 3.8) is 0 Å². The number of nitrogens with one attached hydrogen (secondary N) is 2. The first-order valence-electron chi connectivity index (χ1n) is 8.80. The number of carbonyl (C=O) groups excluding carboxylic acids is 1. The Kier molecular flexibility index (Phi) is 6.65. The number of rotatable bonds is 5. The Morgan fingerprint density at radius 1 is 1.24 bits per heavy atom. The lowest BCUT2D eigenvalue weighted by molar-refractivity contribution is 0.0528. The number of amides is 1. The number of anilines is 1. The van der Waals surface area contributed by atoms with Gasteiger partial charge < -0.3 is 20.3 Å². The number of benzene rings is 1. The molecule has 0 aliphatic carbocycles. The lowest BCUT2D eigenvalue weighted by atomic mass is 10.0. The van der Waals surface area contributed by atoms with Crippen LogP contribution in [0.5, 0.6) is 0 Å². The third-order valence-electron chi connectivity index (χ3n) is 4.07. The van der Waals surface area contributed by atoms with E-state index in [1.54, 1.807) is 0 Å². The van der Waals surface area contributed by atoms with Crippen LogP contribution in [0.3, 0.4) is 0 Å². The number of ether oxygens (including phenoxy) is 1. The summed E-state index contributed by atoms with van der Waals surface area (Å²) < 4.78 is 5.21. The molecule has 0 aromatic heterocycles. The molecule has 1 saturated heterocycles. The van der Waals surface area contributed by atoms with Crippen LogP contribution in [0.1, 0.15) is 33.6 Å². The third-order valence-corrected chi connectivity index (χ3v) is 4.07. The number of carbonyl (C=O) groups is 1. The summed E-state index contributed by atoms with van der Waals surface area (Å²) in [7, 11) is 0. The largest absolute Gasteiger partial charge is 0.444 e. The summed E-state index contributed by atoms with van der Waals surface area (Å²) in [6.45, 7) is 15.9. The fourth-order valence-electron chi connectivity index (χ4n) is 2.83. The molecule has 0 unspecified atom stereocenters. The second-order valence-corrected chi connectivity index (χ2v) is 7.27. The zero-order valence-corrected chi connectivity index (χ0v) is 15.3. The van der Waals surface area contributed by atoms with Gasteiger partial charge in [-0.15, -0.1) is 0 Å². The molecule has 0 radical (unpaired) electrons. The Morgan fingerprint density at radius 2 is 1.88 bits per heavy atom. The van der Waals surface area contributed by atoms with Gasteiger partial charge in [-0.3, -0.25) is 0 Å². The summed E-state index contributed by atoms with van der Waals surface area (Å²) in [6, 6.07) is 8.25. The average molecular weight is 344 g/mol. The van der Waals surface area contributed by atoms with E-state index < -0.39 is 5.60 Å². The van der Waals surface area contributed by atoms with Gasteiger partial charge in [0.2, 0.25) is 0 Å². The van der Waals surface area contributed by atoms with Crippen LogP contribution < -0.4 is 15.5 Å². The normalized spacial score (nSPS) is 15.5. The molecule has 1 aliphatic rings. The molecule has 25 heavy (non-hydrogen) atoms. The molecule has 6 heteroatoms. The standard InChI is InChI=1S/C19H28N4O2/c1-19(2,3)25-18(24)22-12-11-21-16-9-13-23(14-10-16)17-7-5-15(20-4)6-8-17/h5-8,16,21H,9-14H2,1-3H3,(H,22,24). The highest BCUT2D eigenvalue weighted by molar-refractivity contribution is 5.67. The molecule has 1 amide bonds. The highest BCUT2D eigenvalue weighted by atomic mass is 16.6. The van der Waals surface area contributed by atoms with Crippen LogP contribution in [0.25, 0.3) is 4.85 Å². The van der Waals surface area contributed by atoms with Gasteiger partial charge in [-0.1, -0.05) is 12.1 Å². The van der Waals surface area contributed by atoms with E-state index in [2.05, 4.69) is 20.4 Å². The maximum absolute atomic E-state index is 11.6. The maximum Gasteiger partial charge on any atom is 0.407 e. The summed E-state index contributed by atoms with van der Waals surface area (Å²) >= 11 is 0. The van der Waals surface area contributed by atoms with Gasteiger partial charge in [0, 0.05) is 37.9 Å². The van der Waals surface area contributed by atoms with Crippen molar-refractivity contribution in [2.24, 2.45) is 0 Å². The minimum absolute atomic E-state index is 0.369. The quantitative estimate of drug-likeness (QED) is 0.635. The topological polar surface area (TPSA) is 58.0 Å². The van der Waals surface area contributed by atoms with Crippen molar-refractivity contribution in [3.05, 3.63) is 35.7 Å². The smallest absolute Gasteiger partial charge is 0.407 e. The summed E-state index contributed by atoms with van der Waals surface area (Å²) in [4.78, 5) is 17.3. The fourth-order valence-corrected chi connectivity index (χ4v) is 2.83. The van der Waals surface area contributed by atoms with Gasteiger partial charge in [0.25, 0.3) is 0 Å². The molecule has 0 atom stereocenters. The lowest BCUT2D eigenvalue weighted by Gasteiger charge is -2.34. The van der Waals surface area contributed by atoms with E-state index in [0.29, 0.717) is 18.3 Å². The molecule has 1 heterocycles. The van der Waals surface area contributed by atoms with Gasteiger partial charge in [-0.05, 0) is 45.7 Å². The molecule has 0 bridgehead atoms. The monoisotopic (exact) mass is 344 g/mol. The number of hydrogen-bond donors (Lipinski definition) is 2. The fraction of sp³-hybridized carbons (Fsp3) is 0.579. The van der Waals surface area contributed by atoms with Crippen LogP contribution in [-0.2, 0) is 4.74 Å². The van der Waals surface area contributed by atoms with E-state index in [1.165, 1.54) is 5.69 Å². The summed E-state index contributed by atoms with van der Waals surface area (Å²) in [6.07, 6.45) is 1.76. The zero-order chi connectivity index (χ0) is 18.3. The molecule has 1 aromatic carbocycles. The molecule has 2 rings (SSSR count). The van der Waals surface area contributed by atoms with Crippen LogP contribution in [0.4, 0.5) is 16.2 Å². The second kappa shape index (κ2) is 8.72. The number of hydrogen-bond acceptors (Lipinski definition) is 4. The van der Waals surface area contributed by atoms with Crippen molar-refractivity contribution in [3.8, 4) is 0 Å². The van der Waals surface area contributed by atoms with E-state index in [4.69, 9.17) is 11.3 Å². The van der Waals surface area contributed by atoms with Crippen molar-refractivity contribution < 1.29 is 9.53 Å². The summed E-state index contributed by atoms with van der Waals surface area (Å²) in [5, 5.41) is 6.26. The molecule has 1 fully saturated rings. The van der Waals surface area contributed by atoms with Crippen LogP contribution >= 0.6 is 0 Å². The number of piperidine rings is 1. The predicted octanol–water partition coefficient (Wildman–Crippen LogP) is 3.32. The average Bonchev–Trinajstić information content (AvgIpc) is 2.58. The van der Waals surface area contributed by atoms with Gasteiger partial charge >= 0.3 is 6.09 Å². The van der Waals surface area contributed by atoms with Crippen LogP contribution in [0.2, 0.25) is 0 Å². The van der Waals surface area contributed by atoms with E-state index in [1.807, 2.05) is 45.0 Å². The van der Waals surface area contributed by atoms with E-state index in [0.717, 1.165) is 32.5 Å². The van der Waals surface area contributed by atoms with Gasteiger partial charge in [-0.25, -0.2) is 9.64 Å². The molecule has 136 valence electrons. The van der Waals surface area contributed by atoms with Crippen LogP contribution in [-0.4, -0.2) is 43.9 Å². The molecule has 0 spiro atoms. The SMILES string of the molecule is [C-]#[N+]c1ccc(N2CCC(NCCNC(=O)OC(C)(C)C)CC2)cc1. The first-order valence-corrected chi connectivity index (χ1v) is 8.80. The van der Waals surface area contributed by atoms with Gasteiger partial charge in [0.1, 0.15) is 5.60 Å². The van der Waals surface area contributed by atoms with E-state index >= 15 is 0 Å². The van der Waals surface area contributed by atoms with Crippen molar-refractivity contribution in [1.82, 2.24) is 10.6 Å². The molecular weight excluding hydrogens is 316 g/mol. The highest BCUT2D eigenvalue weighted by Crippen LogP contribution is 2.23. The number of nitrogens with zero attached hydrogens (tertiary/aromatic N) is 2.